The van der Waals surface area contributed by atoms with Crippen LogP contribution in [0.3, 0.4) is 0 Å². The molecule has 1 aliphatic rings. The van der Waals surface area contributed by atoms with E-state index in [1.54, 1.807) is 0 Å². The molecule has 0 radical (unpaired) electrons. The molecule has 4 aromatic rings. The van der Waals surface area contributed by atoms with Gasteiger partial charge in [-0.3, -0.25) is 4.90 Å². The third-order valence-corrected chi connectivity index (χ3v) is 5.54. The van der Waals surface area contributed by atoms with Crippen molar-refractivity contribution in [3.8, 4) is 11.4 Å². The molecule has 0 bridgehead atoms. The zero-order valence-electron chi connectivity index (χ0n) is 16.9. The molecule has 7 heteroatoms. The lowest BCUT2D eigenvalue weighted by atomic mass is 10.1. The molecule has 2 aromatic carbocycles. The lowest BCUT2D eigenvalue weighted by Crippen LogP contribution is -2.46. The number of hydrogen-bond donors (Lipinski definition) is 0. The van der Waals surface area contributed by atoms with Gasteiger partial charge in [-0.2, -0.15) is 4.52 Å². The Balaban J connectivity index is 1.32. The lowest BCUT2D eigenvalue weighted by molar-refractivity contribution is 0.249. The maximum Gasteiger partial charge on any atom is 0.185 e. The molecule has 0 aliphatic carbocycles. The van der Waals surface area contributed by atoms with E-state index in [9.17, 15) is 4.39 Å². The fourth-order valence-corrected chi connectivity index (χ4v) is 3.90. The second kappa shape index (κ2) is 7.84. The molecule has 0 N–H and O–H groups in total. The van der Waals surface area contributed by atoms with Crippen LogP contribution in [-0.4, -0.2) is 50.9 Å². The summed E-state index contributed by atoms with van der Waals surface area (Å²) in [5, 5.41) is 13.5. The third kappa shape index (κ3) is 3.76. The van der Waals surface area contributed by atoms with Crippen LogP contribution in [0.15, 0.2) is 60.7 Å². The van der Waals surface area contributed by atoms with Crippen LogP contribution >= 0.6 is 0 Å². The first-order valence-electron chi connectivity index (χ1n) is 10.2. The van der Waals surface area contributed by atoms with Gasteiger partial charge in [-0.25, -0.2) is 4.39 Å². The summed E-state index contributed by atoms with van der Waals surface area (Å²) in [5.74, 6) is 1.49. The summed E-state index contributed by atoms with van der Waals surface area (Å²) in [6.07, 6.45) is 0. The molecule has 30 heavy (non-hydrogen) atoms. The molecule has 1 fully saturated rings. The van der Waals surface area contributed by atoms with Gasteiger partial charge in [-0.05, 0) is 42.8 Å². The van der Waals surface area contributed by atoms with Crippen molar-refractivity contribution in [1.82, 2.24) is 24.7 Å². The Labute approximate surface area is 174 Å². The highest BCUT2D eigenvalue weighted by molar-refractivity contribution is 5.60. The zero-order valence-corrected chi connectivity index (χ0v) is 16.9. The number of halogens is 1. The van der Waals surface area contributed by atoms with Gasteiger partial charge in [0.1, 0.15) is 11.6 Å². The van der Waals surface area contributed by atoms with E-state index in [1.165, 1.54) is 17.7 Å². The minimum Gasteiger partial charge on any atom is -0.353 e. The quantitative estimate of drug-likeness (QED) is 0.522. The first-order chi connectivity index (χ1) is 14.7. The molecule has 0 atom stereocenters. The average Bonchev–Trinajstić information content (AvgIpc) is 3.19. The van der Waals surface area contributed by atoms with Crippen LogP contribution in [0, 0.1) is 12.7 Å². The van der Waals surface area contributed by atoms with Crippen LogP contribution in [0.2, 0.25) is 0 Å². The van der Waals surface area contributed by atoms with Crippen molar-refractivity contribution in [3.05, 3.63) is 77.6 Å². The fourth-order valence-electron chi connectivity index (χ4n) is 3.90. The summed E-state index contributed by atoms with van der Waals surface area (Å²) >= 11 is 0. The highest BCUT2D eigenvalue weighted by Crippen LogP contribution is 2.21. The second-order valence-corrected chi connectivity index (χ2v) is 7.74. The Hall–Kier alpha value is -3.32. The Kier molecular flexibility index (Phi) is 4.88. The van der Waals surface area contributed by atoms with Crippen molar-refractivity contribution >= 4 is 11.5 Å². The highest BCUT2D eigenvalue weighted by Gasteiger charge is 2.19. The van der Waals surface area contributed by atoms with Gasteiger partial charge in [-0.1, -0.05) is 35.9 Å². The van der Waals surface area contributed by atoms with Crippen molar-refractivity contribution in [2.75, 3.05) is 31.1 Å². The van der Waals surface area contributed by atoms with Crippen molar-refractivity contribution in [3.63, 3.8) is 0 Å². The monoisotopic (exact) mass is 402 g/mol. The summed E-state index contributed by atoms with van der Waals surface area (Å²) in [6.45, 7) is 6.55. The van der Waals surface area contributed by atoms with Crippen molar-refractivity contribution in [2.24, 2.45) is 0 Å². The van der Waals surface area contributed by atoms with Gasteiger partial charge in [-0.15, -0.1) is 15.3 Å². The summed E-state index contributed by atoms with van der Waals surface area (Å²) < 4.78 is 14.9. The van der Waals surface area contributed by atoms with Crippen molar-refractivity contribution in [2.45, 2.75) is 13.5 Å². The predicted molar refractivity (Wildman–Crippen MR) is 115 cm³/mol. The zero-order chi connectivity index (χ0) is 20.5. The first-order valence-corrected chi connectivity index (χ1v) is 10.2. The van der Waals surface area contributed by atoms with Crippen molar-refractivity contribution in [1.29, 1.82) is 0 Å². The van der Waals surface area contributed by atoms with Crippen molar-refractivity contribution < 1.29 is 4.39 Å². The third-order valence-electron chi connectivity index (χ3n) is 5.54. The number of aromatic nitrogens is 4. The van der Waals surface area contributed by atoms with Gasteiger partial charge < -0.3 is 4.90 Å². The van der Waals surface area contributed by atoms with E-state index in [4.69, 9.17) is 5.10 Å². The number of nitrogens with zero attached hydrogens (tertiary/aromatic N) is 6. The first kappa shape index (κ1) is 18.7. The van der Waals surface area contributed by atoms with Gasteiger partial charge in [0.25, 0.3) is 0 Å². The van der Waals surface area contributed by atoms with E-state index in [1.807, 2.05) is 40.9 Å². The molecular formula is C23H23FN6. The highest BCUT2D eigenvalue weighted by atomic mass is 19.1. The summed E-state index contributed by atoms with van der Waals surface area (Å²) in [4.78, 5) is 4.68. The van der Waals surface area contributed by atoms with Crippen LogP contribution < -0.4 is 4.90 Å². The molecule has 0 amide bonds. The number of hydrogen-bond acceptors (Lipinski definition) is 5. The molecule has 0 spiro atoms. The second-order valence-electron chi connectivity index (χ2n) is 7.74. The van der Waals surface area contributed by atoms with Gasteiger partial charge in [0, 0.05) is 38.3 Å². The molecule has 152 valence electrons. The summed E-state index contributed by atoms with van der Waals surface area (Å²) in [5.41, 5.74) is 4.07. The molecule has 0 saturated carbocycles. The van der Waals surface area contributed by atoms with E-state index in [0.717, 1.165) is 61.1 Å². The van der Waals surface area contributed by atoms with Crippen LogP contribution in [0.4, 0.5) is 10.2 Å². The normalized spacial score (nSPS) is 15.1. The minimum absolute atomic E-state index is 0.191. The standard InChI is InChI=1S/C23H23FN6/c1-17-3-2-4-19(15-17)23-26-25-21-9-10-22(27-30(21)23)29-13-11-28(12-14-29)16-18-5-7-20(24)8-6-18/h2-10,15H,11-14,16H2,1H3. The lowest BCUT2D eigenvalue weighted by Gasteiger charge is -2.35. The molecule has 5 rings (SSSR count). The van der Waals surface area contributed by atoms with Gasteiger partial charge >= 0.3 is 0 Å². The Morgan fingerprint density at radius 1 is 0.900 bits per heavy atom. The number of rotatable bonds is 4. The van der Waals surface area contributed by atoms with Gasteiger partial charge in [0.2, 0.25) is 0 Å². The molecule has 0 unspecified atom stereocenters. The number of fused-ring (bicyclic) bond motifs is 1. The van der Waals surface area contributed by atoms with Crippen LogP contribution in [0.25, 0.3) is 17.0 Å². The Morgan fingerprint density at radius 3 is 2.47 bits per heavy atom. The Bertz CT molecular complexity index is 1160. The maximum absolute atomic E-state index is 13.1. The largest absolute Gasteiger partial charge is 0.353 e. The molecule has 2 aromatic heterocycles. The number of piperazine rings is 1. The fraction of sp³-hybridized carbons (Fsp3) is 0.261. The van der Waals surface area contributed by atoms with E-state index < -0.39 is 0 Å². The van der Waals surface area contributed by atoms with E-state index in [2.05, 4.69) is 39.1 Å². The number of aryl methyl sites for hydroxylation is 1. The Morgan fingerprint density at radius 2 is 1.70 bits per heavy atom. The topological polar surface area (TPSA) is 49.6 Å². The van der Waals surface area contributed by atoms with Crippen LogP contribution in [0.5, 0.6) is 0 Å². The molecule has 3 heterocycles. The number of anilines is 1. The molecular weight excluding hydrogens is 379 g/mol. The van der Waals surface area contributed by atoms with Gasteiger partial charge in [0.15, 0.2) is 11.5 Å². The SMILES string of the molecule is Cc1cccc(-c2nnc3ccc(N4CCN(Cc5ccc(F)cc5)CC4)nn23)c1. The van der Waals surface area contributed by atoms with E-state index in [-0.39, 0.29) is 5.82 Å². The van der Waals surface area contributed by atoms with Gasteiger partial charge in [0.05, 0.1) is 0 Å². The van der Waals surface area contributed by atoms with E-state index in [0.29, 0.717) is 0 Å². The smallest absolute Gasteiger partial charge is 0.185 e. The van der Waals surface area contributed by atoms with E-state index >= 15 is 0 Å². The molecule has 1 aliphatic heterocycles. The summed E-state index contributed by atoms with van der Waals surface area (Å²) in [6, 6.07) is 19.0. The minimum atomic E-state index is -0.191. The van der Waals surface area contributed by atoms with Crippen LogP contribution in [0.1, 0.15) is 11.1 Å². The predicted octanol–water partition coefficient (Wildman–Crippen LogP) is 3.56. The summed E-state index contributed by atoms with van der Waals surface area (Å²) in [7, 11) is 0. The average molecular weight is 402 g/mol. The molecule has 6 nitrogen and oxygen atoms in total. The maximum atomic E-state index is 13.1. The molecule has 1 saturated heterocycles. The number of benzene rings is 2. The van der Waals surface area contributed by atoms with Crippen LogP contribution in [-0.2, 0) is 6.54 Å².